The second-order valence-electron chi connectivity index (χ2n) is 5.69. The van der Waals surface area contributed by atoms with Crippen molar-refractivity contribution >= 4 is 10.0 Å². The number of rotatable bonds is 5. The minimum absolute atomic E-state index is 0.413. The molecule has 1 aromatic carbocycles. The van der Waals surface area contributed by atoms with E-state index in [-0.39, 0.29) is 0 Å². The lowest BCUT2D eigenvalue weighted by atomic mass is 10.2. The number of nitrogens with one attached hydrogen (secondary N) is 1. The largest absolute Gasteiger partial charge is 0.314 e. The first-order valence-corrected chi connectivity index (χ1v) is 8.82. The highest BCUT2D eigenvalue weighted by atomic mass is 32.2. The zero-order valence-electron chi connectivity index (χ0n) is 13.1. The van der Waals surface area contributed by atoms with Crippen LogP contribution in [0.15, 0.2) is 23.1 Å². The normalized spacial score (nSPS) is 17.3. The minimum Gasteiger partial charge on any atom is -0.314 e. The van der Waals surface area contributed by atoms with E-state index >= 15 is 0 Å². The predicted octanol–water partition coefficient (Wildman–Crippen LogP) is 0.829. The van der Waals surface area contributed by atoms with Crippen LogP contribution in [-0.4, -0.2) is 63.9 Å². The molecule has 0 saturated carbocycles. The smallest absolute Gasteiger partial charge is 0.243 e. The number of sulfonamides is 1. The number of nitrogens with zero attached hydrogens (tertiary/aromatic N) is 2. The Hall–Kier alpha value is -0.950. The summed E-state index contributed by atoms with van der Waals surface area (Å²) in [5.74, 6) is 0. The number of aryl methyl sites for hydroxylation is 2. The van der Waals surface area contributed by atoms with E-state index < -0.39 is 10.0 Å². The molecule has 21 heavy (non-hydrogen) atoms. The SMILES string of the molecule is Cc1ccc(S(=O)(=O)N(C)CCN2CCNCC2)c(C)c1. The lowest BCUT2D eigenvalue weighted by Crippen LogP contribution is -2.46. The van der Waals surface area contributed by atoms with Crippen LogP contribution in [0.4, 0.5) is 0 Å². The van der Waals surface area contributed by atoms with Crippen molar-refractivity contribution in [2.75, 3.05) is 46.3 Å². The van der Waals surface area contributed by atoms with Gasteiger partial charge < -0.3 is 5.32 Å². The molecule has 1 N–H and O–H groups in total. The summed E-state index contributed by atoms with van der Waals surface area (Å²) in [6.45, 7) is 9.05. The number of likely N-dealkylation sites (N-methyl/N-ethyl adjacent to an activating group) is 1. The molecular formula is C15H25N3O2S. The first-order chi connectivity index (χ1) is 9.91. The van der Waals surface area contributed by atoms with Gasteiger partial charge in [0.1, 0.15) is 0 Å². The van der Waals surface area contributed by atoms with Gasteiger partial charge in [-0.05, 0) is 25.5 Å². The third-order valence-electron chi connectivity index (χ3n) is 3.96. The molecule has 6 heteroatoms. The molecule has 0 radical (unpaired) electrons. The Balaban J connectivity index is 2.04. The molecule has 0 bridgehead atoms. The Kier molecular flexibility index (Phi) is 5.37. The van der Waals surface area contributed by atoms with Crippen LogP contribution in [0.3, 0.4) is 0 Å². The van der Waals surface area contributed by atoms with Gasteiger partial charge in [0.15, 0.2) is 0 Å². The van der Waals surface area contributed by atoms with Crippen molar-refractivity contribution in [3.63, 3.8) is 0 Å². The van der Waals surface area contributed by atoms with E-state index in [0.717, 1.165) is 43.9 Å². The summed E-state index contributed by atoms with van der Waals surface area (Å²) in [7, 11) is -1.73. The number of benzene rings is 1. The molecule has 1 aliphatic heterocycles. The highest BCUT2D eigenvalue weighted by molar-refractivity contribution is 7.89. The maximum Gasteiger partial charge on any atom is 0.243 e. The van der Waals surface area contributed by atoms with Gasteiger partial charge in [0.05, 0.1) is 4.90 Å². The first kappa shape index (κ1) is 16.4. The van der Waals surface area contributed by atoms with E-state index in [4.69, 9.17) is 0 Å². The van der Waals surface area contributed by atoms with Crippen molar-refractivity contribution in [3.05, 3.63) is 29.3 Å². The van der Waals surface area contributed by atoms with Crippen LogP contribution in [-0.2, 0) is 10.0 Å². The summed E-state index contributed by atoms with van der Waals surface area (Å²) in [5, 5.41) is 3.30. The van der Waals surface area contributed by atoms with Crippen molar-refractivity contribution in [2.24, 2.45) is 0 Å². The van der Waals surface area contributed by atoms with Gasteiger partial charge in [-0.2, -0.15) is 4.31 Å². The van der Waals surface area contributed by atoms with Crippen molar-refractivity contribution in [1.29, 1.82) is 0 Å². The van der Waals surface area contributed by atoms with Crippen molar-refractivity contribution in [1.82, 2.24) is 14.5 Å². The Morgan fingerprint density at radius 3 is 2.52 bits per heavy atom. The molecule has 1 heterocycles. The lowest BCUT2D eigenvalue weighted by molar-refractivity contribution is 0.229. The highest BCUT2D eigenvalue weighted by Gasteiger charge is 2.23. The summed E-state index contributed by atoms with van der Waals surface area (Å²) in [5.41, 5.74) is 1.89. The fraction of sp³-hybridized carbons (Fsp3) is 0.600. The maximum absolute atomic E-state index is 12.6. The summed E-state index contributed by atoms with van der Waals surface area (Å²) in [4.78, 5) is 2.71. The molecule has 1 fully saturated rings. The third-order valence-corrected chi connectivity index (χ3v) is 5.98. The molecule has 1 aliphatic rings. The van der Waals surface area contributed by atoms with Gasteiger partial charge in [0.25, 0.3) is 0 Å². The summed E-state index contributed by atoms with van der Waals surface area (Å²) in [6, 6.07) is 5.47. The standard InChI is InChI=1S/C15H25N3O2S/c1-13-4-5-15(14(2)12-13)21(19,20)17(3)10-11-18-8-6-16-7-9-18/h4-5,12,16H,6-11H2,1-3H3. The summed E-state index contributed by atoms with van der Waals surface area (Å²) >= 11 is 0. The highest BCUT2D eigenvalue weighted by Crippen LogP contribution is 2.19. The van der Waals surface area contributed by atoms with Gasteiger partial charge in [-0.15, -0.1) is 0 Å². The fourth-order valence-corrected chi connectivity index (χ4v) is 3.96. The zero-order valence-corrected chi connectivity index (χ0v) is 13.9. The molecule has 0 spiro atoms. The van der Waals surface area contributed by atoms with E-state index in [9.17, 15) is 8.42 Å². The van der Waals surface area contributed by atoms with Gasteiger partial charge >= 0.3 is 0 Å². The van der Waals surface area contributed by atoms with E-state index in [1.165, 1.54) is 4.31 Å². The van der Waals surface area contributed by atoms with Crippen LogP contribution in [0.2, 0.25) is 0 Å². The second kappa shape index (κ2) is 6.87. The van der Waals surface area contributed by atoms with Crippen LogP contribution in [0, 0.1) is 13.8 Å². The molecule has 1 aromatic rings. The predicted molar refractivity (Wildman–Crippen MR) is 85.0 cm³/mol. The molecule has 5 nitrogen and oxygen atoms in total. The van der Waals surface area contributed by atoms with Crippen LogP contribution in [0.1, 0.15) is 11.1 Å². The number of piperazine rings is 1. The maximum atomic E-state index is 12.6. The van der Waals surface area contributed by atoms with Gasteiger partial charge in [-0.1, -0.05) is 17.7 Å². The molecule has 0 atom stereocenters. The summed E-state index contributed by atoms with van der Waals surface area (Å²) in [6.07, 6.45) is 0. The van der Waals surface area contributed by atoms with Crippen molar-refractivity contribution in [2.45, 2.75) is 18.7 Å². The van der Waals surface area contributed by atoms with Crippen molar-refractivity contribution in [3.8, 4) is 0 Å². The molecule has 118 valence electrons. The first-order valence-electron chi connectivity index (χ1n) is 7.38. The van der Waals surface area contributed by atoms with Crippen LogP contribution >= 0.6 is 0 Å². The molecule has 0 aromatic heterocycles. The molecular weight excluding hydrogens is 286 g/mol. The molecule has 0 amide bonds. The van der Waals surface area contributed by atoms with Crippen molar-refractivity contribution < 1.29 is 8.42 Å². The molecule has 0 aliphatic carbocycles. The molecule has 1 saturated heterocycles. The Morgan fingerprint density at radius 2 is 1.90 bits per heavy atom. The average molecular weight is 311 g/mol. The van der Waals surface area contributed by atoms with E-state index in [2.05, 4.69) is 10.2 Å². The van der Waals surface area contributed by atoms with E-state index in [1.807, 2.05) is 26.0 Å². The molecule has 0 unspecified atom stereocenters. The zero-order chi connectivity index (χ0) is 15.5. The Labute approximate surface area is 128 Å². The van der Waals surface area contributed by atoms with Gasteiger partial charge in [-0.3, -0.25) is 4.90 Å². The van der Waals surface area contributed by atoms with E-state index in [1.54, 1.807) is 13.1 Å². The van der Waals surface area contributed by atoms with Gasteiger partial charge in [0, 0.05) is 46.3 Å². The monoisotopic (exact) mass is 311 g/mol. The lowest BCUT2D eigenvalue weighted by Gasteiger charge is -2.29. The number of hydrogen-bond acceptors (Lipinski definition) is 4. The van der Waals surface area contributed by atoms with Crippen LogP contribution in [0.5, 0.6) is 0 Å². The van der Waals surface area contributed by atoms with E-state index in [0.29, 0.717) is 11.4 Å². The fourth-order valence-electron chi connectivity index (χ4n) is 2.59. The third kappa shape index (κ3) is 4.03. The Bertz CT molecular complexity index is 581. The minimum atomic E-state index is -3.40. The molecule has 2 rings (SSSR count). The Morgan fingerprint density at radius 1 is 1.24 bits per heavy atom. The topological polar surface area (TPSA) is 52.7 Å². The summed E-state index contributed by atoms with van der Waals surface area (Å²) < 4.78 is 26.7. The second-order valence-corrected chi connectivity index (χ2v) is 7.70. The van der Waals surface area contributed by atoms with Crippen LogP contribution < -0.4 is 5.32 Å². The average Bonchev–Trinajstić information content (AvgIpc) is 2.45. The quantitative estimate of drug-likeness (QED) is 0.875. The van der Waals surface area contributed by atoms with Gasteiger partial charge in [0.2, 0.25) is 10.0 Å². The number of hydrogen-bond donors (Lipinski definition) is 1. The van der Waals surface area contributed by atoms with Crippen LogP contribution in [0.25, 0.3) is 0 Å². The van der Waals surface area contributed by atoms with Gasteiger partial charge in [-0.25, -0.2) is 8.42 Å².